The van der Waals surface area contributed by atoms with Crippen molar-refractivity contribution < 1.29 is 24.2 Å². The van der Waals surface area contributed by atoms with Crippen molar-refractivity contribution in [2.75, 3.05) is 6.61 Å². The first-order chi connectivity index (χ1) is 9.54. The number of aliphatic hydroxyl groups is 1. The van der Waals surface area contributed by atoms with Crippen molar-refractivity contribution >= 4 is 17.5 Å². The van der Waals surface area contributed by atoms with E-state index in [1.165, 1.54) is 0 Å². The molecule has 0 aromatic heterocycles. The lowest BCUT2D eigenvalue weighted by Crippen LogP contribution is -2.45. The fraction of sp³-hybridized carbons (Fsp3) is 0.667. The van der Waals surface area contributed by atoms with E-state index < -0.39 is 17.3 Å². The Morgan fingerprint density at radius 2 is 2.20 bits per heavy atom. The Morgan fingerprint density at radius 3 is 2.80 bits per heavy atom. The highest BCUT2D eigenvalue weighted by atomic mass is 16.5. The van der Waals surface area contributed by atoms with Crippen LogP contribution in [0.5, 0.6) is 0 Å². The maximum Gasteiger partial charge on any atom is 0.313 e. The van der Waals surface area contributed by atoms with Gasteiger partial charge in [-0.2, -0.15) is 0 Å². The molecule has 0 saturated heterocycles. The molecule has 0 heterocycles. The molecule has 2 aliphatic carbocycles. The summed E-state index contributed by atoms with van der Waals surface area (Å²) in [5.41, 5.74) is -0.647. The van der Waals surface area contributed by atoms with E-state index in [2.05, 4.69) is 0 Å². The van der Waals surface area contributed by atoms with Crippen LogP contribution >= 0.6 is 0 Å². The zero-order chi connectivity index (χ0) is 14.8. The fourth-order valence-corrected chi connectivity index (χ4v) is 3.35. The Balaban J connectivity index is 2.31. The number of carbonyl (C=O) groups is 3. The van der Waals surface area contributed by atoms with Gasteiger partial charge < -0.3 is 9.84 Å². The number of rotatable bonds is 2. The van der Waals surface area contributed by atoms with Gasteiger partial charge in [0.15, 0.2) is 5.78 Å². The summed E-state index contributed by atoms with van der Waals surface area (Å²) in [4.78, 5) is 36.4. The first-order valence-corrected chi connectivity index (χ1v) is 7.11. The lowest BCUT2D eigenvalue weighted by atomic mass is 9.60. The van der Waals surface area contributed by atoms with E-state index in [1.54, 1.807) is 6.92 Å². The molecule has 2 saturated carbocycles. The average Bonchev–Trinajstić information content (AvgIpc) is 2.42. The monoisotopic (exact) mass is 280 g/mol. The molecule has 0 unspecified atom stereocenters. The van der Waals surface area contributed by atoms with Crippen LogP contribution in [0.25, 0.3) is 0 Å². The Kier molecular flexibility index (Phi) is 4.26. The molecule has 1 N–H and O–H groups in total. The molecule has 0 radical (unpaired) electrons. The van der Waals surface area contributed by atoms with Crippen LogP contribution in [0.4, 0.5) is 0 Å². The Bertz CT molecular complexity index is 465. The van der Waals surface area contributed by atoms with Crippen molar-refractivity contribution in [3.8, 4) is 0 Å². The minimum atomic E-state index is -0.816. The molecule has 0 aliphatic heterocycles. The van der Waals surface area contributed by atoms with Crippen LogP contribution in [0, 0.1) is 11.3 Å². The topological polar surface area (TPSA) is 80.7 Å². The van der Waals surface area contributed by atoms with E-state index in [-0.39, 0.29) is 36.6 Å². The standard InChI is InChI=1S/C15H20O5/c1-2-20-14(19)10-7-15(6-4-3-5-13(15)18)8-12(17)11(10)9-16/h9-10,16H,2-8H2,1H3/b11-9-/t10-,15+/m1/s1. The second-order valence-corrected chi connectivity index (χ2v) is 5.60. The Hall–Kier alpha value is -1.65. The average molecular weight is 280 g/mol. The van der Waals surface area contributed by atoms with Crippen LogP contribution in [0.2, 0.25) is 0 Å². The van der Waals surface area contributed by atoms with E-state index in [4.69, 9.17) is 4.74 Å². The number of ketones is 2. The van der Waals surface area contributed by atoms with Crippen molar-refractivity contribution in [2.24, 2.45) is 11.3 Å². The summed E-state index contributed by atoms with van der Waals surface area (Å²) < 4.78 is 4.98. The van der Waals surface area contributed by atoms with Gasteiger partial charge in [-0.05, 0) is 26.2 Å². The summed E-state index contributed by atoms with van der Waals surface area (Å²) in [5.74, 6) is -1.59. The molecule has 0 amide bonds. The first kappa shape index (κ1) is 14.8. The van der Waals surface area contributed by atoms with Gasteiger partial charge in [-0.25, -0.2) is 0 Å². The summed E-state index contributed by atoms with van der Waals surface area (Å²) >= 11 is 0. The van der Waals surface area contributed by atoms with E-state index in [0.717, 1.165) is 12.8 Å². The van der Waals surface area contributed by atoms with Gasteiger partial charge in [0.2, 0.25) is 0 Å². The van der Waals surface area contributed by atoms with Gasteiger partial charge in [0, 0.05) is 23.8 Å². The third kappa shape index (κ3) is 2.49. The molecule has 2 aliphatic rings. The molecular weight excluding hydrogens is 260 g/mol. The fourth-order valence-electron chi connectivity index (χ4n) is 3.35. The molecule has 110 valence electrons. The van der Waals surface area contributed by atoms with Crippen molar-refractivity contribution in [1.82, 2.24) is 0 Å². The van der Waals surface area contributed by atoms with Crippen LogP contribution in [0.1, 0.15) is 45.4 Å². The van der Waals surface area contributed by atoms with Crippen LogP contribution < -0.4 is 0 Å². The van der Waals surface area contributed by atoms with Crippen LogP contribution in [-0.4, -0.2) is 29.2 Å². The zero-order valence-electron chi connectivity index (χ0n) is 11.7. The minimum absolute atomic E-state index is 0.0726. The molecule has 2 fully saturated rings. The quantitative estimate of drug-likeness (QED) is 0.476. The molecule has 5 nitrogen and oxygen atoms in total. The summed E-state index contributed by atoms with van der Waals surface area (Å²) in [5, 5.41) is 9.23. The van der Waals surface area contributed by atoms with Crippen LogP contribution in [-0.2, 0) is 19.1 Å². The van der Waals surface area contributed by atoms with Gasteiger partial charge in [0.05, 0.1) is 18.8 Å². The Labute approximate surface area is 118 Å². The predicted molar refractivity (Wildman–Crippen MR) is 71.0 cm³/mol. The smallest absolute Gasteiger partial charge is 0.313 e. The molecule has 2 atom stereocenters. The molecule has 1 spiro atoms. The molecule has 5 heteroatoms. The molecule has 20 heavy (non-hydrogen) atoms. The minimum Gasteiger partial charge on any atom is -0.515 e. The maximum absolute atomic E-state index is 12.3. The first-order valence-electron chi connectivity index (χ1n) is 7.11. The number of hydrogen-bond acceptors (Lipinski definition) is 5. The highest BCUT2D eigenvalue weighted by Crippen LogP contribution is 2.47. The number of esters is 1. The van der Waals surface area contributed by atoms with Crippen molar-refractivity contribution in [3.63, 3.8) is 0 Å². The summed E-state index contributed by atoms with van der Waals surface area (Å²) in [6.45, 7) is 1.90. The number of Topliss-reactive ketones (excluding diaryl/α,β-unsaturated/α-hetero) is 2. The van der Waals surface area contributed by atoms with E-state index in [9.17, 15) is 19.5 Å². The van der Waals surface area contributed by atoms with Crippen LogP contribution in [0.15, 0.2) is 11.8 Å². The third-order valence-electron chi connectivity index (χ3n) is 4.40. The predicted octanol–water partition coefficient (Wildman–Crippen LogP) is 2.10. The van der Waals surface area contributed by atoms with E-state index in [1.807, 2.05) is 0 Å². The number of aliphatic hydroxyl groups excluding tert-OH is 1. The van der Waals surface area contributed by atoms with Crippen molar-refractivity contribution in [2.45, 2.75) is 45.4 Å². The zero-order valence-corrected chi connectivity index (χ0v) is 11.7. The normalized spacial score (nSPS) is 32.6. The van der Waals surface area contributed by atoms with Gasteiger partial charge >= 0.3 is 5.97 Å². The van der Waals surface area contributed by atoms with Gasteiger partial charge in [0.1, 0.15) is 5.78 Å². The number of ether oxygens (including phenoxy) is 1. The van der Waals surface area contributed by atoms with Gasteiger partial charge in [-0.15, -0.1) is 0 Å². The summed E-state index contributed by atoms with van der Waals surface area (Å²) in [6.07, 6.45) is 3.95. The molecule has 0 aromatic carbocycles. The molecule has 0 aromatic rings. The summed E-state index contributed by atoms with van der Waals surface area (Å²) in [6, 6.07) is 0. The van der Waals surface area contributed by atoms with Crippen molar-refractivity contribution in [3.05, 3.63) is 11.8 Å². The summed E-state index contributed by atoms with van der Waals surface area (Å²) in [7, 11) is 0. The number of carbonyl (C=O) groups excluding carboxylic acids is 3. The largest absolute Gasteiger partial charge is 0.515 e. The second-order valence-electron chi connectivity index (χ2n) is 5.60. The van der Waals surface area contributed by atoms with Gasteiger partial charge in [0.25, 0.3) is 0 Å². The maximum atomic E-state index is 12.3. The SMILES string of the molecule is CCOC(=O)[C@@H]1C[C@@]2(CCCCC2=O)CC(=O)/C1=C\O. The van der Waals surface area contributed by atoms with Crippen molar-refractivity contribution in [1.29, 1.82) is 0 Å². The lowest BCUT2D eigenvalue weighted by molar-refractivity contribution is -0.152. The second kappa shape index (κ2) is 5.77. The van der Waals surface area contributed by atoms with Crippen LogP contribution in [0.3, 0.4) is 0 Å². The molecular formula is C15H20O5. The molecule has 0 bridgehead atoms. The Morgan fingerprint density at radius 1 is 1.45 bits per heavy atom. The lowest BCUT2D eigenvalue weighted by Gasteiger charge is -2.41. The highest BCUT2D eigenvalue weighted by Gasteiger charge is 2.50. The van der Waals surface area contributed by atoms with Gasteiger partial charge in [-0.1, -0.05) is 6.42 Å². The van der Waals surface area contributed by atoms with E-state index >= 15 is 0 Å². The van der Waals surface area contributed by atoms with E-state index in [0.29, 0.717) is 19.1 Å². The highest BCUT2D eigenvalue weighted by molar-refractivity contribution is 6.05. The number of hydrogen-bond donors (Lipinski definition) is 1. The van der Waals surface area contributed by atoms with Gasteiger partial charge in [-0.3, -0.25) is 14.4 Å². The molecule has 2 rings (SSSR count). The third-order valence-corrected chi connectivity index (χ3v) is 4.40.